The average Bonchev–Trinajstić information content (AvgIpc) is 2.78. The molecule has 1 rings (SSSR count). The number of carbonyl (C=O) groups is 4. The number of aliphatic carboxylic acids is 1. The van der Waals surface area contributed by atoms with E-state index in [1.807, 2.05) is 0 Å². The SMILES string of the molecule is NC(N)=NCCCC(NC(=O)CNC(=O)C(N)Cc1ccc(O)cc1)C(=O)NC(CO)C(=O)O. The summed E-state index contributed by atoms with van der Waals surface area (Å²) in [6.45, 7) is -1.17. The van der Waals surface area contributed by atoms with Gasteiger partial charge in [-0.1, -0.05) is 12.1 Å². The summed E-state index contributed by atoms with van der Waals surface area (Å²) in [5.41, 5.74) is 17.0. The van der Waals surface area contributed by atoms with Crippen LogP contribution in [0.4, 0.5) is 0 Å². The van der Waals surface area contributed by atoms with Crippen LogP contribution < -0.4 is 33.2 Å². The molecule has 0 aromatic heterocycles. The zero-order valence-electron chi connectivity index (χ0n) is 18.4. The van der Waals surface area contributed by atoms with Gasteiger partial charge in [-0.05, 0) is 37.0 Å². The molecule has 0 radical (unpaired) electrons. The summed E-state index contributed by atoms with van der Waals surface area (Å²) in [4.78, 5) is 51.8. The third kappa shape index (κ3) is 10.6. The summed E-state index contributed by atoms with van der Waals surface area (Å²) in [5, 5.41) is 34.3. The van der Waals surface area contributed by atoms with Crippen LogP contribution in [0, 0.1) is 0 Å². The number of rotatable bonds is 14. The summed E-state index contributed by atoms with van der Waals surface area (Å²) < 4.78 is 0. The van der Waals surface area contributed by atoms with Crippen molar-refractivity contribution in [1.29, 1.82) is 0 Å². The molecule has 1 aromatic rings. The molecule has 14 nitrogen and oxygen atoms in total. The summed E-state index contributed by atoms with van der Waals surface area (Å²) in [7, 11) is 0. The van der Waals surface area contributed by atoms with E-state index in [-0.39, 0.29) is 37.5 Å². The lowest BCUT2D eigenvalue weighted by atomic mass is 10.1. The lowest BCUT2D eigenvalue weighted by molar-refractivity contribution is -0.143. The number of carbonyl (C=O) groups excluding carboxylic acids is 3. The van der Waals surface area contributed by atoms with Crippen LogP contribution in [0.25, 0.3) is 0 Å². The topological polar surface area (TPSA) is 255 Å². The number of nitrogens with one attached hydrogen (secondary N) is 3. The number of aliphatic imine (C=N–C) groups is 1. The second kappa shape index (κ2) is 14.3. The summed E-state index contributed by atoms with van der Waals surface area (Å²) in [6.07, 6.45) is 0.499. The first-order chi connectivity index (χ1) is 16.0. The number of guanidine groups is 1. The van der Waals surface area contributed by atoms with Gasteiger partial charge in [0.25, 0.3) is 0 Å². The molecule has 3 unspecified atom stereocenters. The van der Waals surface area contributed by atoms with Crippen molar-refractivity contribution in [3.05, 3.63) is 29.8 Å². The maximum Gasteiger partial charge on any atom is 0.328 e. The molecule has 0 saturated carbocycles. The van der Waals surface area contributed by atoms with Crippen molar-refractivity contribution in [2.45, 2.75) is 37.4 Å². The first-order valence-corrected chi connectivity index (χ1v) is 10.3. The number of phenols is 1. The van der Waals surface area contributed by atoms with E-state index in [9.17, 15) is 24.3 Å². The minimum absolute atomic E-state index is 0.0560. The fourth-order valence-electron chi connectivity index (χ4n) is 2.75. The maximum atomic E-state index is 12.4. The Morgan fingerprint density at radius 3 is 2.21 bits per heavy atom. The third-order valence-electron chi connectivity index (χ3n) is 4.55. The third-order valence-corrected chi connectivity index (χ3v) is 4.55. The number of carboxylic acids is 1. The Labute approximate surface area is 195 Å². The Morgan fingerprint density at radius 1 is 1.00 bits per heavy atom. The van der Waals surface area contributed by atoms with Gasteiger partial charge in [-0.3, -0.25) is 19.4 Å². The van der Waals surface area contributed by atoms with E-state index in [0.717, 1.165) is 0 Å². The Balaban J connectivity index is 2.65. The first-order valence-electron chi connectivity index (χ1n) is 10.3. The van der Waals surface area contributed by atoms with Crippen molar-refractivity contribution in [3.8, 4) is 5.75 Å². The zero-order chi connectivity index (χ0) is 25.7. The molecule has 12 N–H and O–H groups in total. The predicted molar refractivity (Wildman–Crippen MR) is 121 cm³/mol. The van der Waals surface area contributed by atoms with Crippen LogP contribution in [0.2, 0.25) is 0 Å². The van der Waals surface area contributed by atoms with Gasteiger partial charge in [0.2, 0.25) is 17.7 Å². The number of aliphatic hydroxyl groups excluding tert-OH is 1. The number of amides is 3. The summed E-state index contributed by atoms with van der Waals surface area (Å²) in [5.74, 6) is -3.69. The Hall–Kier alpha value is -3.91. The molecule has 14 heteroatoms. The molecule has 0 spiro atoms. The van der Waals surface area contributed by atoms with Gasteiger partial charge in [0.1, 0.15) is 17.8 Å². The molecule has 0 aliphatic heterocycles. The largest absolute Gasteiger partial charge is 0.508 e. The highest BCUT2D eigenvalue weighted by Gasteiger charge is 2.26. The Morgan fingerprint density at radius 2 is 1.65 bits per heavy atom. The van der Waals surface area contributed by atoms with Crippen LogP contribution in [0.1, 0.15) is 18.4 Å². The van der Waals surface area contributed by atoms with E-state index < -0.39 is 55.0 Å². The molecular formula is C20H31N7O7. The van der Waals surface area contributed by atoms with Crippen molar-refractivity contribution in [1.82, 2.24) is 16.0 Å². The highest BCUT2D eigenvalue weighted by molar-refractivity contribution is 5.92. The number of nitrogens with two attached hydrogens (primary N) is 3. The van der Waals surface area contributed by atoms with Crippen molar-refractivity contribution >= 4 is 29.7 Å². The van der Waals surface area contributed by atoms with Gasteiger partial charge in [0.05, 0.1) is 19.2 Å². The average molecular weight is 482 g/mol. The van der Waals surface area contributed by atoms with Crippen LogP contribution in [0.3, 0.4) is 0 Å². The van der Waals surface area contributed by atoms with Crippen LogP contribution >= 0.6 is 0 Å². The Bertz CT molecular complexity index is 873. The molecule has 0 aliphatic rings. The van der Waals surface area contributed by atoms with E-state index in [1.165, 1.54) is 12.1 Å². The van der Waals surface area contributed by atoms with Crippen LogP contribution in [-0.4, -0.2) is 82.8 Å². The number of nitrogens with zero attached hydrogens (tertiary/aromatic N) is 1. The second-order valence-electron chi connectivity index (χ2n) is 7.35. The number of hydrogen-bond acceptors (Lipinski definition) is 8. The van der Waals surface area contributed by atoms with Gasteiger partial charge < -0.3 is 48.5 Å². The number of benzene rings is 1. The fourth-order valence-corrected chi connectivity index (χ4v) is 2.75. The number of phenolic OH excluding ortho intramolecular Hbond substituents is 1. The number of aliphatic hydroxyl groups is 1. The standard InChI is InChI=1S/C20H31N7O7/c21-13(8-11-3-5-12(29)6-4-11)17(31)25-9-16(30)26-14(2-1-7-24-20(22)23)18(32)27-15(10-28)19(33)34/h3-6,13-15,28-29H,1-2,7-10,21H2,(H,25,31)(H,26,30)(H,27,32)(H,33,34)(H4,22,23,24). The van der Waals surface area contributed by atoms with E-state index in [1.54, 1.807) is 12.1 Å². The summed E-state index contributed by atoms with van der Waals surface area (Å²) >= 11 is 0. The van der Waals surface area contributed by atoms with Crippen LogP contribution in [0.5, 0.6) is 5.75 Å². The van der Waals surface area contributed by atoms with Gasteiger partial charge in [-0.2, -0.15) is 0 Å². The van der Waals surface area contributed by atoms with Crippen LogP contribution in [-0.2, 0) is 25.6 Å². The van der Waals surface area contributed by atoms with Crippen molar-refractivity contribution in [2.24, 2.45) is 22.2 Å². The van der Waals surface area contributed by atoms with Gasteiger partial charge in [0.15, 0.2) is 5.96 Å². The molecule has 34 heavy (non-hydrogen) atoms. The molecule has 0 saturated heterocycles. The normalized spacial score (nSPS) is 13.1. The molecule has 188 valence electrons. The highest BCUT2D eigenvalue weighted by atomic mass is 16.4. The molecule has 1 aromatic carbocycles. The van der Waals surface area contributed by atoms with Gasteiger partial charge >= 0.3 is 5.97 Å². The van der Waals surface area contributed by atoms with Crippen LogP contribution in [0.15, 0.2) is 29.3 Å². The molecule has 3 amide bonds. The smallest absolute Gasteiger partial charge is 0.328 e. The van der Waals surface area contributed by atoms with E-state index in [2.05, 4.69) is 20.9 Å². The van der Waals surface area contributed by atoms with Crippen molar-refractivity contribution in [2.75, 3.05) is 19.7 Å². The van der Waals surface area contributed by atoms with Gasteiger partial charge in [-0.15, -0.1) is 0 Å². The quantitative estimate of drug-likeness (QED) is 0.0718. The molecule has 0 fully saturated rings. The van der Waals surface area contributed by atoms with E-state index in [4.69, 9.17) is 27.4 Å². The molecular weight excluding hydrogens is 450 g/mol. The zero-order valence-corrected chi connectivity index (χ0v) is 18.4. The highest BCUT2D eigenvalue weighted by Crippen LogP contribution is 2.10. The van der Waals surface area contributed by atoms with E-state index in [0.29, 0.717) is 5.56 Å². The Kier molecular flexibility index (Phi) is 11.8. The number of carboxylic acid groups (broad SMARTS) is 1. The minimum Gasteiger partial charge on any atom is -0.508 e. The van der Waals surface area contributed by atoms with Crippen molar-refractivity contribution in [3.63, 3.8) is 0 Å². The minimum atomic E-state index is -1.55. The second-order valence-corrected chi connectivity index (χ2v) is 7.35. The molecule has 3 atom stereocenters. The van der Waals surface area contributed by atoms with E-state index >= 15 is 0 Å². The molecule has 0 aliphatic carbocycles. The lowest BCUT2D eigenvalue weighted by Gasteiger charge is -2.21. The lowest BCUT2D eigenvalue weighted by Crippen LogP contribution is -2.54. The first kappa shape index (κ1) is 28.1. The van der Waals surface area contributed by atoms with Gasteiger partial charge in [-0.25, -0.2) is 4.79 Å². The fraction of sp³-hybridized carbons (Fsp3) is 0.450. The monoisotopic (exact) mass is 481 g/mol. The van der Waals surface area contributed by atoms with Gasteiger partial charge in [0, 0.05) is 6.54 Å². The predicted octanol–water partition coefficient (Wildman–Crippen LogP) is -3.52. The van der Waals surface area contributed by atoms with Crippen molar-refractivity contribution < 1.29 is 34.5 Å². The molecule has 0 heterocycles. The summed E-state index contributed by atoms with van der Waals surface area (Å²) in [6, 6.07) is 2.45. The molecule has 0 bridgehead atoms. The number of hydrogen-bond donors (Lipinski definition) is 9. The number of aromatic hydroxyl groups is 1. The maximum absolute atomic E-state index is 12.4.